The van der Waals surface area contributed by atoms with Crippen LogP contribution in [0.1, 0.15) is 5.56 Å². The highest BCUT2D eigenvalue weighted by Gasteiger charge is 1.96. The van der Waals surface area contributed by atoms with E-state index in [1.807, 2.05) is 24.3 Å². The third kappa shape index (κ3) is 2.94. The van der Waals surface area contributed by atoms with Gasteiger partial charge in [0.1, 0.15) is 11.6 Å². The molecule has 0 aliphatic carbocycles. The SMILES string of the molecule is Fc1ccc(NCc2ccc(Cl)cc2)nc1. The zero-order valence-corrected chi connectivity index (χ0v) is 9.21. The molecule has 82 valence electrons. The largest absolute Gasteiger partial charge is 0.366 e. The summed E-state index contributed by atoms with van der Waals surface area (Å²) in [6.45, 7) is 0.635. The molecule has 1 aromatic carbocycles. The minimum atomic E-state index is -0.336. The van der Waals surface area contributed by atoms with E-state index in [1.54, 1.807) is 6.07 Å². The molecule has 0 aliphatic heterocycles. The van der Waals surface area contributed by atoms with Crippen molar-refractivity contribution >= 4 is 17.4 Å². The molecule has 0 spiro atoms. The first-order chi connectivity index (χ1) is 7.74. The molecule has 0 atom stereocenters. The standard InChI is InChI=1S/C12H10ClFN2/c13-10-3-1-9(2-4-10)7-15-12-6-5-11(14)8-16-12/h1-6,8H,7H2,(H,15,16). The number of pyridine rings is 1. The lowest BCUT2D eigenvalue weighted by molar-refractivity contribution is 0.621. The van der Waals surface area contributed by atoms with Crippen molar-refractivity contribution in [2.75, 3.05) is 5.32 Å². The highest BCUT2D eigenvalue weighted by molar-refractivity contribution is 6.30. The van der Waals surface area contributed by atoms with Crippen molar-refractivity contribution < 1.29 is 4.39 Å². The number of nitrogens with zero attached hydrogens (tertiary/aromatic N) is 1. The molecular formula is C12H10ClFN2. The molecule has 2 nitrogen and oxygen atoms in total. The van der Waals surface area contributed by atoms with E-state index in [9.17, 15) is 4.39 Å². The molecule has 0 fully saturated rings. The summed E-state index contributed by atoms with van der Waals surface area (Å²) >= 11 is 5.77. The molecule has 2 aromatic rings. The van der Waals surface area contributed by atoms with Crippen molar-refractivity contribution in [2.45, 2.75) is 6.54 Å². The van der Waals surface area contributed by atoms with Crippen LogP contribution < -0.4 is 5.32 Å². The van der Waals surface area contributed by atoms with Gasteiger partial charge in [0.25, 0.3) is 0 Å². The Morgan fingerprint density at radius 2 is 1.88 bits per heavy atom. The Morgan fingerprint density at radius 1 is 1.12 bits per heavy atom. The van der Waals surface area contributed by atoms with Gasteiger partial charge in [-0.25, -0.2) is 9.37 Å². The van der Waals surface area contributed by atoms with E-state index in [2.05, 4.69) is 10.3 Å². The van der Waals surface area contributed by atoms with Gasteiger partial charge in [-0.1, -0.05) is 23.7 Å². The van der Waals surface area contributed by atoms with Crippen molar-refractivity contribution in [2.24, 2.45) is 0 Å². The van der Waals surface area contributed by atoms with Crippen LogP contribution in [-0.2, 0) is 6.54 Å². The van der Waals surface area contributed by atoms with Gasteiger partial charge in [-0.05, 0) is 29.8 Å². The predicted octanol–water partition coefficient (Wildman–Crippen LogP) is 3.49. The zero-order valence-electron chi connectivity index (χ0n) is 8.45. The normalized spacial score (nSPS) is 10.1. The van der Waals surface area contributed by atoms with Crippen LogP contribution in [0, 0.1) is 5.82 Å². The van der Waals surface area contributed by atoms with Crippen LogP contribution in [-0.4, -0.2) is 4.98 Å². The fourth-order valence-corrected chi connectivity index (χ4v) is 1.40. The van der Waals surface area contributed by atoms with Gasteiger partial charge in [-0.3, -0.25) is 0 Å². The van der Waals surface area contributed by atoms with Crippen LogP contribution in [0.4, 0.5) is 10.2 Å². The fraction of sp³-hybridized carbons (Fsp3) is 0.0833. The number of nitrogens with one attached hydrogen (secondary N) is 1. The maximum atomic E-state index is 12.6. The van der Waals surface area contributed by atoms with Crippen molar-refractivity contribution in [3.63, 3.8) is 0 Å². The number of anilines is 1. The van der Waals surface area contributed by atoms with E-state index in [-0.39, 0.29) is 5.82 Å². The molecule has 1 aromatic heterocycles. The van der Waals surface area contributed by atoms with Crippen LogP contribution in [0.3, 0.4) is 0 Å². The summed E-state index contributed by atoms with van der Waals surface area (Å²) in [7, 11) is 0. The van der Waals surface area contributed by atoms with Gasteiger partial charge < -0.3 is 5.32 Å². The second-order valence-electron chi connectivity index (χ2n) is 3.34. The van der Waals surface area contributed by atoms with Gasteiger partial charge >= 0.3 is 0 Å². The van der Waals surface area contributed by atoms with E-state index in [4.69, 9.17) is 11.6 Å². The number of aromatic nitrogens is 1. The molecule has 4 heteroatoms. The third-order valence-electron chi connectivity index (χ3n) is 2.11. The first kappa shape index (κ1) is 10.9. The Hall–Kier alpha value is -1.61. The molecule has 0 saturated heterocycles. The molecule has 16 heavy (non-hydrogen) atoms. The smallest absolute Gasteiger partial charge is 0.141 e. The third-order valence-corrected chi connectivity index (χ3v) is 2.37. The highest BCUT2D eigenvalue weighted by atomic mass is 35.5. The average molecular weight is 237 g/mol. The van der Waals surface area contributed by atoms with E-state index in [0.717, 1.165) is 5.56 Å². The molecule has 0 bridgehead atoms. The molecule has 0 aliphatic rings. The van der Waals surface area contributed by atoms with E-state index >= 15 is 0 Å². The van der Waals surface area contributed by atoms with Crippen molar-refractivity contribution in [3.05, 3.63) is 59.0 Å². The zero-order chi connectivity index (χ0) is 11.4. The van der Waals surface area contributed by atoms with E-state index < -0.39 is 0 Å². The lowest BCUT2D eigenvalue weighted by Gasteiger charge is -2.05. The number of rotatable bonds is 3. The lowest BCUT2D eigenvalue weighted by Crippen LogP contribution is -2.00. The first-order valence-electron chi connectivity index (χ1n) is 4.84. The Morgan fingerprint density at radius 3 is 2.50 bits per heavy atom. The molecule has 0 radical (unpaired) electrons. The summed E-state index contributed by atoms with van der Waals surface area (Å²) in [6.07, 6.45) is 1.18. The molecule has 1 heterocycles. The number of hydrogen-bond donors (Lipinski definition) is 1. The molecule has 1 N–H and O–H groups in total. The predicted molar refractivity (Wildman–Crippen MR) is 63.0 cm³/mol. The fourth-order valence-electron chi connectivity index (χ4n) is 1.28. The van der Waals surface area contributed by atoms with Crippen LogP contribution in [0.2, 0.25) is 5.02 Å². The van der Waals surface area contributed by atoms with Crippen molar-refractivity contribution in [1.29, 1.82) is 0 Å². The topological polar surface area (TPSA) is 24.9 Å². The second-order valence-corrected chi connectivity index (χ2v) is 3.78. The minimum Gasteiger partial charge on any atom is -0.366 e. The Bertz CT molecular complexity index is 408. The van der Waals surface area contributed by atoms with Gasteiger partial charge in [-0.15, -0.1) is 0 Å². The number of halogens is 2. The number of benzene rings is 1. The highest BCUT2D eigenvalue weighted by Crippen LogP contribution is 2.11. The quantitative estimate of drug-likeness (QED) is 0.883. The van der Waals surface area contributed by atoms with E-state index in [1.165, 1.54) is 12.3 Å². The molecular weight excluding hydrogens is 227 g/mol. The molecule has 0 unspecified atom stereocenters. The summed E-state index contributed by atoms with van der Waals surface area (Å²) in [5.41, 5.74) is 1.09. The Balaban J connectivity index is 1.97. The van der Waals surface area contributed by atoms with Crippen molar-refractivity contribution in [3.8, 4) is 0 Å². The minimum absolute atomic E-state index is 0.336. The number of hydrogen-bond acceptors (Lipinski definition) is 2. The maximum absolute atomic E-state index is 12.6. The van der Waals surface area contributed by atoms with Crippen LogP contribution in [0.5, 0.6) is 0 Å². The van der Waals surface area contributed by atoms with Crippen LogP contribution in [0.25, 0.3) is 0 Å². The summed E-state index contributed by atoms with van der Waals surface area (Å²) < 4.78 is 12.6. The molecule has 2 rings (SSSR count). The van der Waals surface area contributed by atoms with Gasteiger partial charge in [-0.2, -0.15) is 0 Å². The van der Waals surface area contributed by atoms with Crippen LogP contribution in [0.15, 0.2) is 42.6 Å². The summed E-state index contributed by atoms with van der Waals surface area (Å²) in [6, 6.07) is 10.5. The van der Waals surface area contributed by atoms with Crippen molar-refractivity contribution in [1.82, 2.24) is 4.98 Å². The lowest BCUT2D eigenvalue weighted by atomic mass is 10.2. The average Bonchev–Trinajstić information content (AvgIpc) is 2.30. The summed E-state index contributed by atoms with van der Waals surface area (Å²) in [4.78, 5) is 3.90. The van der Waals surface area contributed by atoms with Gasteiger partial charge in [0.2, 0.25) is 0 Å². The van der Waals surface area contributed by atoms with Crippen LogP contribution >= 0.6 is 11.6 Å². The Labute approximate surface area is 98.1 Å². The molecule has 0 amide bonds. The molecule has 0 saturated carbocycles. The Kier molecular flexibility index (Phi) is 3.37. The summed E-state index contributed by atoms with van der Waals surface area (Å²) in [5.74, 6) is 0.313. The monoisotopic (exact) mass is 236 g/mol. The summed E-state index contributed by atoms with van der Waals surface area (Å²) in [5, 5.41) is 3.80. The van der Waals surface area contributed by atoms with Gasteiger partial charge in [0.15, 0.2) is 0 Å². The maximum Gasteiger partial charge on any atom is 0.141 e. The van der Waals surface area contributed by atoms with E-state index in [0.29, 0.717) is 17.4 Å². The first-order valence-corrected chi connectivity index (χ1v) is 5.22. The van der Waals surface area contributed by atoms with Gasteiger partial charge in [0, 0.05) is 11.6 Å². The van der Waals surface area contributed by atoms with Gasteiger partial charge in [0.05, 0.1) is 6.20 Å². The second kappa shape index (κ2) is 4.94.